The number of thiophene rings is 1. The Morgan fingerprint density at radius 3 is 2.68 bits per heavy atom. The summed E-state index contributed by atoms with van der Waals surface area (Å²) in [5, 5.41) is 10.4. The molecule has 1 aromatic carbocycles. The van der Waals surface area contributed by atoms with Crippen molar-refractivity contribution in [3.63, 3.8) is 0 Å². The third-order valence-corrected chi connectivity index (χ3v) is 6.39. The highest BCUT2D eigenvalue weighted by atomic mass is 32.1. The van der Waals surface area contributed by atoms with E-state index in [0.29, 0.717) is 11.4 Å². The summed E-state index contributed by atoms with van der Waals surface area (Å²) < 4.78 is 6.97. The van der Waals surface area contributed by atoms with Crippen LogP contribution in [0.4, 0.5) is 4.79 Å². The SMILES string of the molecule is Cc1nn(Cc2ccccc2)c2sc(C(=O)OCC(=O)NC(=O)NC3CCCC3)cc12. The van der Waals surface area contributed by atoms with Crippen LogP contribution in [0.5, 0.6) is 0 Å². The second-order valence-corrected chi connectivity index (χ2v) is 8.67. The van der Waals surface area contributed by atoms with Crippen LogP contribution in [0.3, 0.4) is 0 Å². The van der Waals surface area contributed by atoms with Crippen LogP contribution in [0, 0.1) is 6.92 Å². The van der Waals surface area contributed by atoms with Crippen LogP contribution in [0.15, 0.2) is 36.4 Å². The van der Waals surface area contributed by atoms with Crippen molar-refractivity contribution < 1.29 is 19.1 Å². The Hall–Kier alpha value is -3.20. The van der Waals surface area contributed by atoms with Crippen molar-refractivity contribution in [1.29, 1.82) is 0 Å². The minimum Gasteiger partial charge on any atom is -0.451 e. The lowest BCUT2D eigenvalue weighted by atomic mass is 10.2. The molecule has 4 rings (SSSR count). The number of esters is 1. The maximum absolute atomic E-state index is 12.4. The van der Waals surface area contributed by atoms with Crippen LogP contribution in [0.1, 0.15) is 46.6 Å². The predicted octanol–water partition coefficient (Wildman–Crippen LogP) is 3.38. The molecule has 0 saturated heterocycles. The van der Waals surface area contributed by atoms with Crippen LogP contribution in [-0.4, -0.2) is 40.3 Å². The molecule has 0 bridgehead atoms. The van der Waals surface area contributed by atoms with Gasteiger partial charge in [0.1, 0.15) is 9.71 Å². The fourth-order valence-corrected chi connectivity index (χ4v) is 4.79. The molecule has 0 radical (unpaired) electrons. The minimum absolute atomic E-state index is 0.104. The number of aromatic nitrogens is 2. The van der Waals surface area contributed by atoms with Gasteiger partial charge >= 0.3 is 12.0 Å². The van der Waals surface area contributed by atoms with Crippen molar-refractivity contribution in [2.24, 2.45) is 0 Å². The van der Waals surface area contributed by atoms with Crippen molar-refractivity contribution in [3.05, 3.63) is 52.5 Å². The number of rotatable bonds is 6. The van der Waals surface area contributed by atoms with Gasteiger partial charge in [0, 0.05) is 11.4 Å². The Bertz CT molecular complexity index is 1100. The van der Waals surface area contributed by atoms with E-state index in [2.05, 4.69) is 15.7 Å². The molecule has 162 valence electrons. The van der Waals surface area contributed by atoms with E-state index < -0.39 is 24.5 Å². The molecule has 1 aliphatic rings. The summed E-state index contributed by atoms with van der Waals surface area (Å²) in [6, 6.07) is 11.2. The average molecular weight is 441 g/mol. The van der Waals surface area contributed by atoms with Gasteiger partial charge in [-0.3, -0.25) is 14.8 Å². The van der Waals surface area contributed by atoms with Gasteiger partial charge in [-0.05, 0) is 31.4 Å². The van der Waals surface area contributed by atoms with Crippen molar-refractivity contribution in [2.75, 3.05) is 6.61 Å². The van der Waals surface area contributed by atoms with Crippen molar-refractivity contribution >= 4 is 39.5 Å². The van der Waals surface area contributed by atoms with E-state index in [-0.39, 0.29) is 6.04 Å². The smallest absolute Gasteiger partial charge is 0.348 e. The van der Waals surface area contributed by atoms with Gasteiger partial charge in [0.15, 0.2) is 6.61 Å². The summed E-state index contributed by atoms with van der Waals surface area (Å²) in [4.78, 5) is 37.5. The first-order chi connectivity index (χ1) is 15.0. The number of hydrogen-bond donors (Lipinski definition) is 2. The van der Waals surface area contributed by atoms with E-state index in [4.69, 9.17) is 4.74 Å². The highest BCUT2D eigenvalue weighted by molar-refractivity contribution is 7.20. The molecule has 8 nitrogen and oxygen atoms in total. The molecule has 1 aliphatic carbocycles. The summed E-state index contributed by atoms with van der Waals surface area (Å²) in [5.41, 5.74) is 1.93. The number of nitrogens with zero attached hydrogens (tertiary/aromatic N) is 2. The second kappa shape index (κ2) is 9.30. The van der Waals surface area contributed by atoms with E-state index >= 15 is 0 Å². The van der Waals surface area contributed by atoms with E-state index in [9.17, 15) is 14.4 Å². The first-order valence-electron chi connectivity index (χ1n) is 10.3. The number of fused-ring (bicyclic) bond motifs is 1. The largest absolute Gasteiger partial charge is 0.451 e. The Morgan fingerprint density at radius 1 is 1.19 bits per heavy atom. The molecule has 0 aliphatic heterocycles. The normalized spacial score (nSPS) is 14.0. The molecule has 3 aromatic rings. The van der Waals surface area contributed by atoms with Gasteiger partial charge in [-0.15, -0.1) is 11.3 Å². The van der Waals surface area contributed by atoms with Crippen LogP contribution in [0.25, 0.3) is 10.2 Å². The number of nitrogens with one attached hydrogen (secondary N) is 2. The number of benzene rings is 1. The average Bonchev–Trinajstić information content (AvgIpc) is 3.47. The molecular weight excluding hydrogens is 416 g/mol. The van der Waals surface area contributed by atoms with Crippen molar-refractivity contribution in [1.82, 2.24) is 20.4 Å². The van der Waals surface area contributed by atoms with E-state index in [1.54, 1.807) is 6.07 Å². The Labute approximate surface area is 183 Å². The minimum atomic E-state index is -0.656. The molecular formula is C22H24N4O4S. The lowest BCUT2D eigenvalue weighted by molar-refractivity contribution is -0.123. The maximum Gasteiger partial charge on any atom is 0.348 e. The summed E-state index contributed by atoms with van der Waals surface area (Å²) in [5.74, 6) is -1.25. The number of aryl methyl sites for hydroxylation is 1. The molecule has 0 spiro atoms. The molecule has 0 unspecified atom stereocenters. The maximum atomic E-state index is 12.4. The quantitative estimate of drug-likeness (QED) is 0.572. The molecule has 1 fully saturated rings. The number of imide groups is 1. The first-order valence-corrected chi connectivity index (χ1v) is 11.1. The number of ether oxygens (including phenoxy) is 1. The van der Waals surface area contributed by atoms with Crippen molar-refractivity contribution in [3.8, 4) is 0 Å². The van der Waals surface area contributed by atoms with Crippen LogP contribution >= 0.6 is 11.3 Å². The molecule has 2 heterocycles. The summed E-state index contributed by atoms with van der Waals surface area (Å²) >= 11 is 1.27. The van der Waals surface area contributed by atoms with Crippen LogP contribution in [-0.2, 0) is 16.1 Å². The van der Waals surface area contributed by atoms with Gasteiger partial charge in [0.2, 0.25) is 0 Å². The summed E-state index contributed by atoms with van der Waals surface area (Å²) in [6.45, 7) is 1.97. The molecule has 9 heteroatoms. The van der Waals surface area contributed by atoms with E-state index in [0.717, 1.165) is 47.2 Å². The number of carbonyl (C=O) groups is 3. The van der Waals surface area contributed by atoms with Gasteiger partial charge in [0.05, 0.1) is 12.2 Å². The van der Waals surface area contributed by atoms with E-state index in [1.165, 1.54) is 11.3 Å². The Balaban J connectivity index is 1.35. The van der Waals surface area contributed by atoms with E-state index in [1.807, 2.05) is 41.9 Å². The highest BCUT2D eigenvalue weighted by Crippen LogP contribution is 2.29. The monoisotopic (exact) mass is 440 g/mol. The summed E-state index contributed by atoms with van der Waals surface area (Å²) in [7, 11) is 0. The molecule has 1 saturated carbocycles. The number of carbonyl (C=O) groups excluding carboxylic acids is 3. The zero-order chi connectivity index (χ0) is 21.8. The third kappa shape index (κ3) is 5.11. The standard InChI is InChI=1S/C22H24N4O4S/c1-14-17-11-18(31-20(17)26(25-14)12-15-7-3-2-4-8-15)21(28)30-13-19(27)24-22(29)23-16-9-5-6-10-16/h2-4,7-8,11,16H,5-6,9-10,12-13H2,1H3,(H2,23,24,27,29). The van der Waals surface area contributed by atoms with Crippen molar-refractivity contribution in [2.45, 2.75) is 45.2 Å². The van der Waals surface area contributed by atoms with Gasteiger partial charge in [-0.25, -0.2) is 9.59 Å². The van der Waals surface area contributed by atoms with Crippen LogP contribution < -0.4 is 10.6 Å². The summed E-state index contributed by atoms with van der Waals surface area (Å²) in [6.07, 6.45) is 4.00. The van der Waals surface area contributed by atoms with Gasteiger partial charge in [0.25, 0.3) is 5.91 Å². The zero-order valence-corrected chi connectivity index (χ0v) is 18.0. The Kier molecular flexibility index (Phi) is 6.31. The molecule has 2 N–H and O–H groups in total. The lowest BCUT2D eigenvalue weighted by Gasteiger charge is -2.12. The van der Waals surface area contributed by atoms with Gasteiger partial charge in [-0.1, -0.05) is 43.2 Å². The van der Waals surface area contributed by atoms with Crippen LogP contribution in [0.2, 0.25) is 0 Å². The molecule has 2 aromatic heterocycles. The highest BCUT2D eigenvalue weighted by Gasteiger charge is 2.20. The molecule has 3 amide bonds. The van der Waals surface area contributed by atoms with Gasteiger partial charge in [-0.2, -0.15) is 5.10 Å². The Morgan fingerprint density at radius 2 is 1.94 bits per heavy atom. The second-order valence-electron chi connectivity index (χ2n) is 7.64. The topological polar surface area (TPSA) is 102 Å². The third-order valence-electron chi connectivity index (χ3n) is 5.26. The van der Waals surface area contributed by atoms with Gasteiger partial charge < -0.3 is 10.1 Å². The number of urea groups is 1. The number of hydrogen-bond acceptors (Lipinski definition) is 6. The predicted molar refractivity (Wildman–Crippen MR) is 117 cm³/mol. The number of amides is 3. The first kappa shape index (κ1) is 21.0. The molecule has 0 atom stereocenters. The lowest BCUT2D eigenvalue weighted by Crippen LogP contribution is -2.44. The zero-order valence-electron chi connectivity index (χ0n) is 17.2. The molecule has 31 heavy (non-hydrogen) atoms. The fourth-order valence-electron chi connectivity index (χ4n) is 3.73. The fraction of sp³-hybridized carbons (Fsp3) is 0.364.